The molecule has 2 fully saturated rings. The van der Waals surface area contributed by atoms with Gasteiger partial charge in [0.1, 0.15) is 18.4 Å². The van der Waals surface area contributed by atoms with Crippen LogP contribution >= 0.6 is 0 Å². The molecule has 2 aliphatic rings. The molecule has 3 aromatic heterocycles. The number of rotatable bonds is 26. The Kier molecular flexibility index (Phi) is 19.2. The molecule has 5 heterocycles. The molecular formula is C43H64N15O8+. The number of piperazine rings is 2. The predicted octanol–water partition coefficient (Wildman–Crippen LogP) is -1.64. The van der Waals surface area contributed by atoms with Crippen LogP contribution in [-0.2, 0) is 43.1 Å². The maximum Gasteiger partial charge on any atom is 0.250 e. The number of carbonyl (C=O) groups is 2. The number of amides is 2. The molecule has 0 aliphatic carbocycles. The molecular weight excluding hydrogens is 855 g/mol. The van der Waals surface area contributed by atoms with Gasteiger partial charge in [-0.3, -0.25) is 9.59 Å². The summed E-state index contributed by atoms with van der Waals surface area (Å²) < 4.78 is 19.5. The van der Waals surface area contributed by atoms with E-state index >= 15 is 0 Å². The van der Waals surface area contributed by atoms with E-state index in [2.05, 4.69) is 37.6 Å². The second-order valence-corrected chi connectivity index (χ2v) is 16.0. The van der Waals surface area contributed by atoms with Gasteiger partial charge in [0.15, 0.2) is 6.04 Å². The van der Waals surface area contributed by atoms with E-state index in [-0.39, 0.29) is 30.8 Å². The van der Waals surface area contributed by atoms with Crippen molar-refractivity contribution >= 4 is 29.7 Å². The summed E-state index contributed by atoms with van der Waals surface area (Å²) in [5.41, 5.74) is 6.08. The van der Waals surface area contributed by atoms with Crippen molar-refractivity contribution in [1.29, 1.82) is 0 Å². The highest BCUT2D eigenvalue weighted by Crippen LogP contribution is 2.24. The number of aromatic hydroxyl groups is 1. The van der Waals surface area contributed by atoms with Gasteiger partial charge in [0.05, 0.1) is 57.1 Å². The second-order valence-electron chi connectivity index (χ2n) is 16.0. The molecule has 0 unspecified atom stereocenters. The largest absolute Gasteiger partial charge is 0.508 e. The zero-order chi connectivity index (χ0) is 46.7. The summed E-state index contributed by atoms with van der Waals surface area (Å²) in [6.45, 7) is 8.18. The lowest BCUT2D eigenvalue weighted by Crippen LogP contribution is -2.53. The average molecular weight is 919 g/mol. The van der Waals surface area contributed by atoms with Crippen molar-refractivity contribution in [3.05, 3.63) is 53.6 Å². The van der Waals surface area contributed by atoms with E-state index in [0.29, 0.717) is 128 Å². The number of anilines is 3. The lowest BCUT2D eigenvalue weighted by Gasteiger charge is -2.38. The lowest BCUT2D eigenvalue weighted by atomic mass is 10.0. The van der Waals surface area contributed by atoms with Crippen molar-refractivity contribution in [2.24, 2.45) is 0 Å². The number of ether oxygens (including phenoxy) is 3. The third-order valence-corrected chi connectivity index (χ3v) is 11.2. The van der Waals surface area contributed by atoms with Gasteiger partial charge in [-0.05, 0) is 43.9 Å². The molecule has 2 saturated heterocycles. The minimum atomic E-state index is -0.992. The van der Waals surface area contributed by atoms with Crippen LogP contribution < -0.4 is 20.9 Å². The quantitative estimate of drug-likeness (QED) is 0.0349. The summed E-state index contributed by atoms with van der Waals surface area (Å²) in [7, 11) is 0. The molecule has 0 saturated carbocycles. The smallest absolute Gasteiger partial charge is 0.250 e. The first-order valence-electron chi connectivity index (χ1n) is 22.6. The van der Waals surface area contributed by atoms with Crippen LogP contribution in [0.25, 0.3) is 0 Å². The van der Waals surface area contributed by atoms with Crippen LogP contribution in [0.2, 0.25) is 0 Å². The molecule has 358 valence electrons. The van der Waals surface area contributed by atoms with Crippen molar-refractivity contribution in [2.75, 3.05) is 127 Å². The number of aliphatic hydroxyl groups is 2. The van der Waals surface area contributed by atoms with Gasteiger partial charge in [0.25, 0.3) is 0 Å². The number of terminal acetylenes is 1. The number of phenolic OH excluding ortho intramolecular Hbond substituents is 1. The van der Waals surface area contributed by atoms with Crippen LogP contribution in [-0.4, -0.2) is 200 Å². The molecule has 3 atom stereocenters. The lowest BCUT2D eigenvalue weighted by molar-refractivity contribution is -0.368. The number of unbranched alkanes of at least 4 members (excludes halogenated alkanes) is 1. The van der Waals surface area contributed by atoms with Gasteiger partial charge < -0.3 is 60.2 Å². The molecule has 1 aromatic carbocycles. The Balaban J connectivity index is 1.11. The van der Waals surface area contributed by atoms with E-state index < -0.39 is 18.2 Å². The third-order valence-electron chi connectivity index (χ3n) is 11.2. The highest BCUT2D eigenvalue weighted by molar-refractivity contribution is 5.81. The minimum absolute atomic E-state index is 0.0914. The van der Waals surface area contributed by atoms with Crippen LogP contribution in [0.15, 0.2) is 36.7 Å². The molecule has 2 aliphatic heterocycles. The summed E-state index contributed by atoms with van der Waals surface area (Å²) in [4.78, 5) is 50.2. The Morgan fingerprint density at radius 1 is 0.788 bits per heavy atom. The van der Waals surface area contributed by atoms with Crippen molar-refractivity contribution in [3.63, 3.8) is 0 Å². The Morgan fingerprint density at radius 3 is 1.97 bits per heavy atom. The molecule has 0 radical (unpaired) electrons. The fourth-order valence-corrected chi connectivity index (χ4v) is 7.60. The van der Waals surface area contributed by atoms with E-state index in [0.717, 1.165) is 37.1 Å². The zero-order valence-electron chi connectivity index (χ0n) is 37.7. The number of benzene rings is 1. The van der Waals surface area contributed by atoms with Gasteiger partial charge in [-0.25, -0.2) is 9.36 Å². The minimum Gasteiger partial charge on any atom is -0.508 e. The van der Waals surface area contributed by atoms with Crippen LogP contribution in [0.3, 0.4) is 0 Å². The van der Waals surface area contributed by atoms with Gasteiger partial charge in [-0.2, -0.15) is 15.0 Å². The van der Waals surface area contributed by atoms with E-state index in [9.17, 15) is 24.9 Å². The Labute approximate surface area is 384 Å². The van der Waals surface area contributed by atoms with Gasteiger partial charge in [-0.15, -0.1) is 16.6 Å². The zero-order valence-corrected chi connectivity index (χ0v) is 37.7. The first kappa shape index (κ1) is 49.4. The predicted molar refractivity (Wildman–Crippen MR) is 240 cm³/mol. The van der Waals surface area contributed by atoms with Gasteiger partial charge in [0, 0.05) is 90.7 Å². The molecule has 4 aromatic rings. The molecule has 66 heavy (non-hydrogen) atoms. The number of aromatic nitrogens is 9. The molecule has 23 nitrogen and oxygen atoms in total. The number of aliphatic hydroxyl groups excluding tert-OH is 2. The Bertz CT molecular complexity index is 2130. The summed E-state index contributed by atoms with van der Waals surface area (Å²) in [5, 5.41) is 50.2. The van der Waals surface area contributed by atoms with Crippen molar-refractivity contribution in [3.8, 4) is 18.1 Å². The number of carbonyl (C=O) groups excluding carboxylic acids is 2. The monoisotopic (exact) mass is 919 g/mol. The summed E-state index contributed by atoms with van der Waals surface area (Å²) in [6, 6.07) is 5.10. The second kappa shape index (κ2) is 25.6. The van der Waals surface area contributed by atoms with Gasteiger partial charge in [0.2, 0.25) is 29.7 Å². The highest BCUT2D eigenvalue weighted by atomic mass is 16.5. The maximum absolute atomic E-state index is 14.2. The van der Waals surface area contributed by atoms with Crippen LogP contribution in [0.1, 0.15) is 48.8 Å². The molecule has 0 spiro atoms. The van der Waals surface area contributed by atoms with Crippen LogP contribution in [0.5, 0.6) is 5.75 Å². The number of quaternary nitrogens is 1. The van der Waals surface area contributed by atoms with Crippen molar-refractivity contribution in [1.82, 2.24) is 54.7 Å². The third kappa shape index (κ3) is 14.2. The Morgan fingerprint density at radius 2 is 1.36 bits per heavy atom. The van der Waals surface area contributed by atoms with Crippen LogP contribution in [0, 0.1) is 12.3 Å². The fourth-order valence-electron chi connectivity index (χ4n) is 7.60. The number of phenols is 1. The first-order chi connectivity index (χ1) is 32.2. The van der Waals surface area contributed by atoms with Gasteiger partial charge in [-0.1, -0.05) is 28.5 Å². The average Bonchev–Trinajstić information content (AvgIpc) is 4.00. The Hall–Kier alpha value is -6.03. The number of aryl methyl sites for hydroxylation is 1. The van der Waals surface area contributed by atoms with Crippen molar-refractivity contribution < 1.29 is 44.9 Å². The number of hydrogen-bond acceptors (Lipinski definition) is 18. The molecule has 6 rings (SSSR count). The molecule has 0 bridgehead atoms. The normalized spacial score (nSPS) is 15.7. The molecule has 2 amide bonds. The molecule has 23 heteroatoms. The van der Waals surface area contributed by atoms with E-state index in [1.807, 2.05) is 9.80 Å². The van der Waals surface area contributed by atoms with E-state index in [1.54, 1.807) is 58.1 Å². The number of hydrogen-bond donors (Lipinski definition) is 5. The first-order valence-corrected chi connectivity index (χ1v) is 22.6. The fraction of sp³-hybridized carbons (Fsp3) is 0.605. The topological polar surface area (TPSA) is 275 Å². The summed E-state index contributed by atoms with van der Waals surface area (Å²) in [6.07, 6.45) is 10.9. The number of nitrogens with zero attached hydrogens (tertiary/aromatic N) is 13. The standard InChI is InChI=1S/C43H63N15O8/c1-3-23-64-25-27-66-28-26-65-24-13-45-41-46-42(48-43(47-41)56-20-16-54(17-21-56)40(63)38(32(2)60)58-31-34(49-52-58)6-4-5-12-44)55-18-14-53(15-19-55)39(62)37(29-33-7-9-36(61)10-8-33)57-30-35(11-22-59)50-51-57/h1,7-10,30-32,37-38,59-61H,4-6,11-29,44H2,2H3,(H,45,46,47,48)/p+1/t32-,37+,38+/m1/s1. The maximum atomic E-state index is 14.2. The summed E-state index contributed by atoms with van der Waals surface area (Å²) >= 11 is 0. The van der Waals surface area contributed by atoms with Gasteiger partial charge >= 0.3 is 0 Å². The van der Waals surface area contributed by atoms with E-state index in [4.69, 9.17) is 35.6 Å². The van der Waals surface area contributed by atoms with Crippen molar-refractivity contribution in [2.45, 2.75) is 57.2 Å². The SMILES string of the molecule is C#CCOCCOCCOCCNc1nc(N2CCN(C(=O)[C@H]([C@@H](C)O)n3cc(CCCC[NH3+])nn3)CC2)nc(N2CCN(C(=O)[C@H](Cc3ccc(O)cc3)n3cc(CCO)nn3)CC2)n1. The highest BCUT2D eigenvalue weighted by Gasteiger charge is 2.35. The number of nitrogens with one attached hydrogen (secondary N) is 1. The summed E-state index contributed by atoms with van der Waals surface area (Å²) in [5.74, 6) is 3.39. The van der Waals surface area contributed by atoms with Crippen LogP contribution in [0.4, 0.5) is 17.8 Å². The van der Waals surface area contributed by atoms with E-state index in [1.165, 1.54) is 4.68 Å². The molecule has 7 N–H and O–H groups in total.